The molecule has 0 aromatic heterocycles. The number of esters is 1. The molecule has 2 rings (SSSR count). The van der Waals surface area contributed by atoms with E-state index >= 15 is 0 Å². The number of rotatable bonds is 5. The van der Waals surface area contributed by atoms with Crippen molar-refractivity contribution in [2.75, 3.05) is 20.1 Å². The molecule has 0 saturated carbocycles. The van der Waals surface area contributed by atoms with Crippen LogP contribution in [0.5, 0.6) is 0 Å². The maximum absolute atomic E-state index is 12.1. The van der Waals surface area contributed by atoms with Gasteiger partial charge in [0, 0.05) is 17.7 Å². The normalized spacial score (nSPS) is 12.3. The minimum absolute atomic E-state index is 0.125. The highest BCUT2D eigenvalue weighted by Gasteiger charge is 2.17. The summed E-state index contributed by atoms with van der Waals surface area (Å²) >= 11 is 0. The summed E-state index contributed by atoms with van der Waals surface area (Å²) in [6.45, 7) is 13.1. The number of benzene rings is 2. The number of ether oxygens (including phenoxy) is 1. The van der Waals surface area contributed by atoms with Crippen LogP contribution in [0.4, 0.5) is 0 Å². The highest BCUT2D eigenvalue weighted by Crippen LogP contribution is 2.22. The predicted octanol–water partition coefficient (Wildman–Crippen LogP) is 5.69. The first-order chi connectivity index (χ1) is 14.4. The molecule has 0 aliphatic heterocycles. The van der Waals surface area contributed by atoms with Gasteiger partial charge in [0.25, 0.3) is 0 Å². The second-order valence-corrected chi connectivity index (χ2v) is 9.84. The largest absolute Gasteiger partial charge is 0.459 e. The molecule has 2 aromatic rings. The number of hydrogen-bond donors (Lipinski definition) is 0. The van der Waals surface area contributed by atoms with Crippen LogP contribution in [0.25, 0.3) is 5.57 Å². The molecule has 0 aliphatic carbocycles. The predicted molar refractivity (Wildman–Crippen MR) is 130 cm³/mol. The van der Waals surface area contributed by atoms with E-state index in [1.165, 1.54) is 5.56 Å². The number of carbonyl (C=O) groups excluding carboxylic acids is 1. The Morgan fingerprint density at radius 3 is 2.13 bits per heavy atom. The fourth-order valence-electron chi connectivity index (χ4n) is 2.96. The maximum atomic E-state index is 12.1. The molecule has 164 valence electrons. The fourth-order valence-corrected chi connectivity index (χ4v) is 2.96. The van der Waals surface area contributed by atoms with Gasteiger partial charge in [0.1, 0.15) is 5.60 Å². The van der Waals surface area contributed by atoms with Crippen molar-refractivity contribution in [2.24, 2.45) is 0 Å². The fraction of sp³-hybridized carbons (Fsp3) is 0.393. The van der Waals surface area contributed by atoms with E-state index in [9.17, 15) is 4.79 Å². The van der Waals surface area contributed by atoms with Crippen molar-refractivity contribution in [1.29, 1.82) is 0 Å². The summed E-state index contributed by atoms with van der Waals surface area (Å²) in [5.74, 6) is 6.39. The molecule has 3 heteroatoms. The van der Waals surface area contributed by atoms with Crippen LogP contribution in [0, 0.1) is 11.8 Å². The number of allylic oxidation sites excluding steroid dienone is 1. The van der Waals surface area contributed by atoms with Crippen LogP contribution in [-0.4, -0.2) is 36.6 Å². The second-order valence-electron chi connectivity index (χ2n) is 9.84. The molecule has 0 N–H and O–H groups in total. The van der Waals surface area contributed by atoms with Crippen LogP contribution in [0.1, 0.15) is 58.2 Å². The Balaban J connectivity index is 2.18. The number of carbonyl (C=O) groups is 1. The first-order valence-corrected chi connectivity index (χ1v) is 10.7. The third-order valence-corrected chi connectivity index (χ3v) is 4.60. The first kappa shape index (κ1) is 24.4. The summed E-state index contributed by atoms with van der Waals surface area (Å²) in [4.78, 5) is 14.0. The minimum Gasteiger partial charge on any atom is -0.459 e. The van der Waals surface area contributed by atoms with Gasteiger partial charge >= 0.3 is 5.97 Å². The Hall–Kier alpha value is -2.83. The van der Waals surface area contributed by atoms with E-state index in [4.69, 9.17) is 4.74 Å². The van der Waals surface area contributed by atoms with E-state index in [2.05, 4.69) is 75.1 Å². The standard InChI is InChI=1S/C28H35NO2/c1-27(2,3)25-17-14-22(15-18-25)13-16-24(23-11-9-8-10-12-23)19-20-29(7)21-26(30)31-28(4,5)6/h8-12,14-15,17-19H,20-21H2,1-7H3. The Morgan fingerprint density at radius 2 is 1.58 bits per heavy atom. The smallest absolute Gasteiger partial charge is 0.320 e. The van der Waals surface area contributed by atoms with Crippen LogP contribution in [0.3, 0.4) is 0 Å². The Kier molecular flexibility index (Phi) is 8.25. The van der Waals surface area contributed by atoms with Gasteiger partial charge in [-0.05, 0) is 56.5 Å². The van der Waals surface area contributed by atoms with Crippen molar-refractivity contribution in [1.82, 2.24) is 4.90 Å². The summed E-state index contributed by atoms with van der Waals surface area (Å²) in [5.41, 5.74) is 3.93. The molecule has 0 unspecified atom stereocenters. The average molecular weight is 418 g/mol. The van der Waals surface area contributed by atoms with E-state index in [-0.39, 0.29) is 17.9 Å². The molecule has 0 aliphatic rings. The van der Waals surface area contributed by atoms with Gasteiger partial charge in [-0.15, -0.1) is 0 Å². The molecule has 2 aromatic carbocycles. The molecule has 0 saturated heterocycles. The summed E-state index contributed by atoms with van der Waals surface area (Å²) < 4.78 is 5.41. The molecule has 0 amide bonds. The number of hydrogen-bond acceptors (Lipinski definition) is 3. The lowest BCUT2D eigenvalue weighted by molar-refractivity contribution is -0.155. The zero-order valence-corrected chi connectivity index (χ0v) is 20.0. The van der Waals surface area contributed by atoms with Crippen LogP contribution < -0.4 is 0 Å². The Labute approximate surface area is 188 Å². The van der Waals surface area contributed by atoms with Crippen LogP contribution in [0.2, 0.25) is 0 Å². The van der Waals surface area contributed by atoms with Gasteiger partial charge in [-0.3, -0.25) is 9.69 Å². The molecule has 0 heterocycles. The van der Waals surface area contributed by atoms with Crippen LogP contribution >= 0.6 is 0 Å². The van der Waals surface area contributed by atoms with E-state index in [0.29, 0.717) is 6.54 Å². The summed E-state index contributed by atoms with van der Waals surface area (Å²) in [5, 5.41) is 0. The van der Waals surface area contributed by atoms with Crippen molar-refractivity contribution in [3.63, 3.8) is 0 Å². The van der Waals surface area contributed by atoms with Gasteiger partial charge in [0.05, 0.1) is 6.54 Å². The highest BCUT2D eigenvalue weighted by molar-refractivity contribution is 5.80. The topological polar surface area (TPSA) is 29.5 Å². The molecule has 0 fully saturated rings. The molecular weight excluding hydrogens is 382 g/mol. The third-order valence-electron chi connectivity index (χ3n) is 4.60. The molecule has 0 atom stereocenters. The van der Waals surface area contributed by atoms with E-state index in [0.717, 1.165) is 16.7 Å². The first-order valence-electron chi connectivity index (χ1n) is 10.7. The van der Waals surface area contributed by atoms with Crippen LogP contribution in [-0.2, 0) is 14.9 Å². The summed E-state index contributed by atoms with van der Waals surface area (Å²) in [6.07, 6.45) is 2.07. The van der Waals surface area contributed by atoms with Crippen molar-refractivity contribution >= 4 is 11.5 Å². The van der Waals surface area contributed by atoms with Crippen molar-refractivity contribution in [2.45, 2.75) is 52.6 Å². The van der Waals surface area contributed by atoms with Gasteiger partial charge < -0.3 is 4.74 Å². The van der Waals surface area contributed by atoms with Gasteiger partial charge in [-0.25, -0.2) is 0 Å². The molecular formula is C28H35NO2. The lowest BCUT2D eigenvalue weighted by Gasteiger charge is -2.22. The number of nitrogens with zero attached hydrogens (tertiary/aromatic N) is 1. The molecule has 0 radical (unpaired) electrons. The van der Waals surface area contributed by atoms with E-state index < -0.39 is 5.60 Å². The average Bonchev–Trinajstić information content (AvgIpc) is 2.66. The van der Waals surface area contributed by atoms with Gasteiger partial charge in [0.15, 0.2) is 0 Å². The van der Waals surface area contributed by atoms with Crippen LogP contribution in [0.15, 0.2) is 60.7 Å². The van der Waals surface area contributed by atoms with E-state index in [1.54, 1.807) is 0 Å². The third kappa shape index (κ3) is 8.82. The zero-order chi connectivity index (χ0) is 23.1. The summed E-state index contributed by atoms with van der Waals surface area (Å²) in [6, 6.07) is 18.5. The zero-order valence-electron chi connectivity index (χ0n) is 20.0. The maximum Gasteiger partial charge on any atom is 0.320 e. The van der Waals surface area contributed by atoms with Gasteiger partial charge in [-0.1, -0.05) is 81.2 Å². The van der Waals surface area contributed by atoms with Crippen molar-refractivity contribution in [3.8, 4) is 11.8 Å². The van der Waals surface area contributed by atoms with E-state index in [1.807, 2.05) is 50.9 Å². The molecule has 3 nitrogen and oxygen atoms in total. The second kappa shape index (κ2) is 10.5. The number of likely N-dealkylation sites (N-methyl/N-ethyl adjacent to an activating group) is 1. The Morgan fingerprint density at radius 1 is 0.968 bits per heavy atom. The van der Waals surface area contributed by atoms with Gasteiger partial charge in [0.2, 0.25) is 0 Å². The molecule has 0 spiro atoms. The SMILES string of the molecule is CN(CC=C(C#Cc1ccc(C(C)(C)C)cc1)c1ccccc1)CC(=O)OC(C)(C)C. The van der Waals surface area contributed by atoms with Crippen molar-refractivity contribution < 1.29 is 9.53 Å². The lowest BCUT2D eigenvalue weighted by atomic mass is 9.87. The Bertz CT molecular complexity index is 947. The monoisotopic (exact) mass is 417 g/mol. The lowest BCUT2D eigenvalue weighted by Crippen LogP contribution is -2.32. The summed E-state index contributed by atoms with van der Waals surface area (Å²) in [7, 11) is 1.90. The highest BCUT2D eigenvalue weighted by atomic mass is 16.6. The van der Waals surface area contributed by atoms with Crippen molar-refractivity contribution in [3.05, 3.63) is 77.4 Å². The van der Waals surface area contributed by atoms with Gasteiger partial charge in [-0.2, -0.15) is 0 Å². The minimum atomic E-state index is -0.475. The molecule has 0 bridgehead atoms. The quantitative estimate of drug-likeness (QED) is 0.462. The molecule has 31 heavy (non-hydrogen) atoms.